The Morgan fingerprint density at radius 3 is 2.15 bits per heavy atom. The summed E-state index contributed by atoms with van der Waals surface area (Å²) >= 11 is 0. The van der Waals surface area contributed by atoms with Gasteiger partial charge in [-0.3, -0.25) is 14.3 Å². The molecule has 13 rings (SSSR count). The second kappa shape index (κ2) is 35.3. The minimum Gasteiger partial charge on any atom is -0.478 e. The van der Waals surface area contributed by atoms with E-state index >= 15 is 0 Å². The SMILES string of the molecule is CC(N=[N+]=[N-])c1ccccc1C(=O)OC1C[C@H](n2cc(COC(=O)c3ccc(COCCOCCOCCOCCNOC(=O)c4ccc(C(=O)O)c(C5=c6cc7c8c(c6Oc6c5cc5c9c6CCCN9CCC5)CCC[N+]=8CCC7)c4)cc3[C@@H](C)N=[N+]=[N-])c3c(=O)[nH]c(N)nc32)O[C@@H]1COP(=O)(O)OP(=O)(O)OP(=O)(O)O. The number of ether oxygens (including phenoxy) is 8. The molecule has 598 valence electrons. The molecule has 2 aromatic heterocycles. The van der Waals surface area contributed by atoms with Crippen LogP contribution in [0.5, 0.6) is 11.5 Å². The molecule has 0 spiro atoms. The smallest absolute Gasteiger partial charge is 0.478 e. The van der Waals surface area contributed by atoms with E-state index in [0.717, 1.165) is 117 Å². The summed E-state index contributed by atoms with van der Waals surface area (Å²) in [4.78, 5) is 127. The highest BCUT2D eigenvalue weighted by molar-refractivity contribution is 7.66. The first-order valence-corrected chi connectivity index (χ1v) is 40.9. The molecular formula is C72H81N13O25P3+. The number of nitrogens with one attached hydrogen (secondary N) is 2. The van der Waals surface area contributed by atoms with Gasteiger partial charge in [0, 0.05) is 87.1 Å². The van der Waals surface area contributed by atoms with Gasteiger partial charge in [-0.05, 0) is 120 Å². The molecule has 0 aliphatic carbocycles. The van der Waals surface area contributed by atoms with Crippen LogP contribution in [0.1, 0.15) is 161 Å². The minimum atomic E-state index is -5.97. The number of hydrogen-bond donors (Lipinski definition) is 8. The molecule has 0 saturated carbocycles. The van der Waals surface area contributed by atoms with Crippen molar-refractivity contribution in [1.29, 1.82) is 0 Å². The van der Waals surface area contributed by atoms with Crippen molar-refractivity contribution in [3.63, 3.8) is 0 Å². The molecule has 0 bridgehead atoms. The van der Waals surface area contributed by atoms with Crippen LogP contribution in [0.25, 0.3) is 37.5 Å². The van der Waals surface area contributed by atoms with Gasteiger partial charge in [0.05, 0.1) is 111 Å². The molecule has 38 nitrogen and oxygen atoms in total. The lowest BCUT2D eigenvalue weighted by Gasteiger charge is -2.39. The maximum Gasteiger partial charge on any atom is 0.490 e. The first kappa shape index (κ1) is 81.3. The standard InChI is InChI=1S/C72H80N13O25P3/c1-40(79-81-74)47-11-3-4-12-49(47)71(91)106-57-35-59(105-58(57)39-104-112(95,96)110-113(97,98)109-111(92,93)94)85-36-46(60-66(85)77-72(73)78-67(60)86)38-103-70(90)50-17-15-42(31-53(50)41(2)80-82-75)37-102-30-29-101-28-27-100-26-25-99-24-19-76-108-69(89)45-16-18-48(68(87)88)54(34-45)61-55-32-43-9-5-20-83-22-7-13-51(62(43)83)64(55)107-65-52-14-8-23-84-21-6-10-44(63(52)84)33-56(61)65/h3-4,11-12,15-18,31-34,36,40-41,57-59,76H,5-10,13-14,19-30,35,37-39H2,1-2H3,(H7-,73,77,78,86,87,88,92,93,94,95,96,97,98)/p+1/t40?,41-,57?,58-,59-/m1/s1. The van der Waals surface area contributed by atoms with E-state index in [1.54, 1.807) is 31.2 Å². The van der Waals surface area contributed by atoms with Crippen LogP contribution in [-0.2, 0) is 104 Å². The van der Waals surface area contributed by atoms with E-state index in [1.165, 1.54) is 76.3 Å². The number of carboxylic acid groups (broad SMARTS) is 1. The summed E-state index contributed by atoms with van der Waals surface area (Å²) in [6.07, 6.45) is 4.01. The van der Waals surface area contributed by atoms with Gasteiger partial charge in [-0.15, -0.1) is 0 Å². The zero-order valence-corrected chi connectivity index (χ0v) is 63.8. The third kappa shape index (κ3) is 18.7. The summed E-state index contributed by atoms with van der Waals surface area (Å²) in [6, 6.07) is 17.7. The summed E-state index contributed by atoms with van der Waals surface area (Å²) in [7, 11) is -17.5. The zero-order chi connectivity index (χ0) is 79.9. The Morgan fingerprint density at radius 2 is 1.42 bits per heavy atom. The summed E-state index contributed by atoms with van der Waals surface area (Å²) in [6.45, 7) is 6.91. The van der Waals surface area contributed by atoms with Crippen molar-refractivity contribution in [3.05, 3.63) is 199 Å². The van der Waals surface area contributed by atoms with Crippen LogP contribution in [0.3, 0.4) is 0 Å². The molecular weight excluding hydrogens is 1540 g/mol. The van der Waals surface area contributed by atoms with E-state index in [4.69, 9.17) is 68.3 Å². The molecule has 0 radical (unpaired) electrons. The number of nitrogens with two attached hydrogens (primary N) is 1. The van der Waals surface area contributed by atoms with Crippen LogP contribution < -0.4 is 41.6 Å². The molecule has 1 saturated heterocycles. The number of carbonyl (C=O) groups excluding carboxylic acids is 3. The second-order valence-corrected chi connectivity index (χ2v) is 31.8. The number of aromatic carboxylic acids is 1. The minimum absolute atomic E-state index is 0.0183. The number of rotatable bonds is 35. The molecule has 7 aromatic rings. The maximum absolute atomic E-state index is 14.0. The number of fused-ring (bicyclic) bond motifs is 5. The fourth-order valence-electron chi connectivity index (χ4n) is 15.2. The molecule has 5 aromatic carbocycles. The predicted molar refractivity (Wildman–Crippen MR) is 399 cm³/mol. The molecule has 41 heteroatoms. The third-order valence-electron chi connectivity index (χ3n) is 19.9. The Bertz CT molecular complexity index is 5350. The molecule has 9 N–H and O–H groups in total. The molecule has 7 atom stereocenters. The average molecular weight is 1620 g/mol. The highest BCUT2D eigenvalue weighted by atomic mass is 31.3. The van der Waals surface area contributed by atoms with Gasteiger partial charge in [-0.1, -0.05) is 54.4 Å². The van der Waals surface area contributed by atoms with Gasteiger partial charge in [-0.25, -0.2) is 37.4 Å². The quantitative estimate of drug-likeness (QED) is 0.00213. The van der Waals surface area contributed by atoms with Gasteiger partial charge < -0.3 is 82.6 Å². The highest BCUT2D eigenvalue weighted by Crippen LogP contribution is 2.66. The number of nitrogens with zero attached hydrogens (tertiary/aromatic N) is 10. The molecule has 6 aliphatic heterocycles. The van der Waals surface area contributed by atoms with Crippen LogP contribution in [-0.4, -0.2) is 161 Å². The number of hydrogen-bond acceptors (Lipinski definition) is 26. The first-order valence-electron chi connectivity index (χ1n) is 36.3. The van der Waals surface area contributed by atoms with Gasteiger partial charge in [-0.2, -0.15) is 19.1 Å². The third-order valence-corrected chi connectivity index (χ3v) is 23.7. The van der Waals surface area contributed by atoms with Gasteiger partial charge in [0.25, 0.3) is 5.56 Å². The lowest BCUT2D eigenvalue weighted by atomic mass is 9.81. The number of esters is 2. The number of anilines is 2. The van der Waals surface area contributed by atoms with Gasteiger partial charge in [0.15, 0.2) is 5.65 Å². The largest absolute Gasteiger partial charge is 0.490 e. The number of azide groups is 2. The van der Waals surface area contributed by atoms with Crippen molar-refractivity contribution in [3.8, 4) is 11.5 Å². The van der Waals surface area contributed by atoms with E-state index in [9.17, 15) is 58.1 Å². The zero-order valence-electron chi connectivity index (χ0n) is 61.2. The molecule has 113 heavy (non-hydrogen) atoms. The van der Waals surface area contributed by atoms with E-state index in [0.29, 0.717) is 11.1 Å². The van der Waals surface area contributed by atoms with E-state index < -0.39 is 96.6 Å². The number of aromatic nitrogens is 3. The van der Waals surface area contributed by atoms with Crippen LogP contribution in [0.4, 0.5) is 11.6 Å². The van der Waals surface area contributed by atoms with Crippen molar-refractivity contribution >= 4 is 75.6 Å². The molecule has 4 unspecified atom stereocenters. The van der Waals surface area contributed by atoms with Crippen molar-refractivity contribution < 1.29 is 113 Å². The highest BCUT2D eigenvalue weighted by Gasteiger charge is 2.46. The lowest BCUT2D eigenvalue weighted by molar-refractivity contribution is -0.0489. The number of carbonyl (C=O) groups is 4. The maximum atomic E-state index is 14.0. The number of aryl methyl sites for hydroxylation is 2. The monoisotopic (exact) mass is 1620 g/mol. The average Bonchev–Trinajstić information content (AvgIpc) is 1.63. The van der Waals surface area contributed by atoms with Gasteiger partial charge >= 0.3 is 47.3 Å². The number of H-pyrrole nitrogens is 1. The molecule has 0 amide bonds. The topological polar surface area (TPSA) is 524 Å². The van der Waals surface area contributed by atoms with Gasteiger partial charge in [0.1, 0.15) is 49.6 Å². The van der Waals surface area contributed by atoms with Crippen molar-refractivity contribution in [2.24, 2.45) is 10.2 Å². The number of phosphoric acid groups is 3. The fourth-order valence-corrected chi connectivity index (χ4v) is 18.2. The van der Waals surface area contributed by atoms with E-state index in [2.05, 4.69) is 65.7 Å². The predicted octanol–water partition coefficient (Wildman–Crippen LogP) is 8.32. The Morgan fingerprint density at radius 1 is 0.743 bits per heavy atom. The Kier molecular flexibility index (Phi) is 25.4. The number of benzene rings is 5. The van der Waals surface area contributed by atoms with Crippen molar-refractivity contribution in [2.45, 2.75) is 115 Å². The van der Waals surface area contributed by atoms with Crippen molar-refractivity contribution in [1.82, 2.24) is 24.6 Å². The second-order valence-electron chi connectivity index (χ2n) is 27.3. The number of aromatic amines is 1. The van der Waals surface area contributed by atoms with Crippen LogP contribution in [0.15, 0.2) is 94.0 Å². The molecule has 6 aliphatic rings. The Hall–Kier alpha value is -9.74. The van der Waals surface area contributed by atoms with E-state index in [1.807, 2.05) is 0 Å². The van der Waals surface area contributed by atoms with Crippen molar-refractivity contribution in [2.75, 3.05) is 96.2 Å². The molecule has 8 heterocycles. The first-order chi connectivity index (χ1) is 54.3. The number of phosphoric ester groups is 1. The lowest BCUT2D eigenvalue weighted by Crippen LogP contribution is -2.45. The number of nitrogen functional groups attached to an aromatic ring is 1. The normalized spacial score (nSPS) is 18.4. The number of hydroxylamine groups is 1. The van der Waals surface area contributed by atoms with Crippen LogP contribution in [0.2, 0.25) is 0 Å². The summed E-state index contributed by atoms with van der Waals surface area (Å²) in [5.41, 5.74) is 35.5. The fraction of sp³-hybridized carbons (Fsp3) is 0.431. The number of carboxylic acids is 1. The van der Waals surface area contributed by atoms with Crippen LogP contribution >= 0.6 is 23.5 Å². The summed E-state index contributed by atoms with van der Waals surface area (Å²) < 4.78 is 100. The van der Waals surface area contributed by atoms with Crippen LogP contribution in [0, 0.1) is 0 Å². The summed E-state index contributed by atoms with van der Waals surface area (Å²) in [5.74, 6) is -2.59. The van der Waals surface area contributed by atoms with Gasteiger partial charge in [0.2, 0.25) is 11.3 Å². The Balaban J connectivity index is 0.576. The van der Waals surface area contributed by atoms with E-state index in [-0.39, 0.29) is 122 Å². The summed E-state index contributed by atoms with van der Waals surface area (Å²) in [5, 5.41) is 20.1. The molecule has 1 fully saturated rings. The Labute approximate surface area is 642 Å².